The summed E-state index contributed by atoms with van der Waals surface area (Å²) < 4.78 is 12.7. The summed E-state index contributed by atoms with van der Waals surface area (Å²) in [5.74, 6) is 2.24. The van der Waals surface area contributed by atoms with Crippen molar-refractivity contribution >= 4 is 23.4 Å². The van der Waals surface area contributed by atoms with E-state index in [2.05, 4.69) is 27.8 Å². The molecule has 1 heterocycles. The minimum Gasteiger partial charge on any atom is -0.493 e. The van der Waals surface area contributed by atoms with Crippen LogP contribution < -0.4 is 14.8 Å². The molecular formula is C16H24ClN5O2S. The number of ether oxygens (including phenoxy) is 2. The van der Waals surface area contributed by atoms with Gasteiger partial charge in [-0.1, -0.05) is 30.3 Å². The third kappa shape index (κ3) is 6.05. The molecule has 1 aromatic carbocycles. The van der Waals surface area contributed by atoms with Crippen molar-refractivity contribution in [1.82, 2.24) is 25.5 Å². The van der Waals surface area contributed by atoms with Crippen molar-refractivity contribution in [3.63, 3.8) is 0 Å². The zero-order valence-corrected chi connectivity index (χ0v) is 16.4. The normalized spacial score (nSPS) is 10.9. The zero-order valence-electron chi connectivity index (χ0n) is 14.8. The Labute approximate surface area is 157 Å². The summed E-state index contributed by atoms with van der Waals surface area (Å²) in [7, 11) is 3.46. The topological polar surface area (TPSA) is 74.1 Å². The highest BCUT2D eigenvalue weighted by Crippen LogP contribution is 2.36. The summed E-state index contributed by atoms with van der Waals surface area (Å²) in [5, 5.41) is 16.2. The molecule has 7 nitrogen and oxygen atoms in total. The number of nitrogens with zero attached hydrogens (tertiary/aromatic N) is 4. The van der Waals surface area contributed by atoms with Crippen molar-refractivity contribution in [3.05, 3.63) is 22.7 Å². The van der Waals surface area contributed by atoms with E-state index in [1.807, 2.05) is 19.2 Å². The van der Waals surface area contributed by atoms with Crippen LogP contribution in [0.2, 0.25) is 5.02 Å². The van der Waals surface area contributed by atoms with Crippen LogP contribution in [0.4, 0.5) is 0 Å². The third-order valence-electron chi connectivity index (χ3n) is 3.38. The summed E-state index contributed by atoms with van der Waals surface area (Å²) in [5.41, 5.74) is 1.07. The zero-order chi connectivity index (χ0) is 18.1. The molecule has 0 spiro atoms. The van der Waals surface area contributed by atoms with Crippen LogP contribution in [0, 0.1) is 0 Å². The Hall–Kier alpha value is -1.51. The van der Waals surface area contributed by atoms with Gasteiger partial charge in [0.2, 0.25) is 5.16 Å². The van der Waals surface area contributed by atoms with Crippen molar-refractivity contribution in [2.45, 2.75) is 31.5 Å². The van der Waals surface area contributed by atoms with Gasteiger partial charge in [-0.2, -0.15) is 0 Å². The number of benzene rings is 1. The van der Waals surface area contributed by atoms with Gasteiger partial charge in [0, 0.05) is 19.3 Å². The predicted molar refractivity (Wildman–Crippen MR) is 99.6 cm³/mol. The Bertz CT molecular complexity index is 668. The number of methoxy groups -OCH3 is 1. The number of tetrazole rings is 1. The molecule has 1 aromatic heterocycles. The van der Waals surface area contributed by atoms with Crippen LogP contribution in [0.5, 0.6) is 11.5 Å². The predicted octanol–water partition coefficient (Wildman–Crippen LogP) is 2.93. The minimum absolute atomic E-state index is 0.579. The van der Waals surface area contributed by atoms with Crippen molar-refractivity contribution in [2.75, 3.05) is 26.0 Å². The molecule has 0 aliphatic carbocycles. The Morgan fingerprint density at radius 3 is 2.88 bits per heavy atom. The third-order valence-corrected chi connectivity index (χ3v) is 4.76. The lowest BCUT2D eigenvalue weighted by molar-refractivity contribution is 0.294. The summed E-state index contributed by atoms with van der Waals surface area (Å²) in [6.45, 7) is 4.29. The SMILES string of the molecule is CCCOc1c(Cl)cc(CNCCCSc2nnnn2C)cc1OC. The molecule has 9 heteroatoms. The van der Waals surface area contributed by atoms with Crippen molar-refractivity contribution in [2.24, 2.45) is 7.05 Å². The van der Waals surface area contributed by atoms with E-state index >= 15 is 0 Å². The van der Waals surface area contributed by atoms with E-state index in [1.54, 1.807) is 23.6 Å². The summed E-state index contributed by atoms with van der Waals surface area (Å²) >= 11 is 7.97. The van der Waals surface area contributed by atoms with E-state index in [9.17, 15) is 0 Å². The van der Waals surface area contributed by atoms with Crippen LogP contribution in [0.3, 0.4) is 0 Å². The molecule has 0 atom stereocenters. The molecule has 0 aliphatic heterocycles. The molecule has 138 valence electrons. The Morgan fingerprint density at radius 1 is 1.36 bits per heavy atom. The highest BCUT2D eigenvalue weighted by Gasteiger charge is 2.11. The van der Waals surface area contributed by atoms with E-state index in [4.69, 9.17) is 21.1 Å². The highest BCUT2D eigenvalue weighted by atomic mass is 35.5. The lowest BCUT2D eigenvalue weighted by Gasteiger charge is -2.14. The second-order valence-corrected chi connectivity index (χ2v) is 6.89. The van der Waals surface area contributed by atoms with E-state index in [-0.39, 0.29) is 0 Å². The first-order valence-corrected chi connectivity index (χ1v) is 9.57. The van der Waals surface area contributed by atoms with E-state index < -0.39 is 0 Å². The maximum absolute atomic E-state index is 6.33. The quantitative estimate of drug-likeness (QED) is 0.470. The molecular weight excluding hydrogens is 362 g/mol. The molecule has 0 radical (unpaired) electrons. The summed E-state index contributed by atoms with van der Waals surface area (Å²) in [4.78, 5) is 0. The van der Waals surface area contributed by atoms with Crippen LogP contribution in [0.15, 0.2) is 17.3 Å². The smallest absolute Gasteiger partial charge is 0.209 e. The van der Waals surface area contributed by atoms with Crippen LogP contribution in [0.1, 0.15) is 25.3 Å². The molecule has 0 aliphatic rings. The molecule has 0 fully saturated rings. The maximum Gasteiger partial charge on any atom is 0.209 e. The molecule has 0 saturated heterocycles. The average molecular weight is 386 g/mol. The van der Waals surface area contributed by atoms with Gasteiger partial charge in [0.05, 0.1) is 18.7 Å². The van der Waals surface area contributed by atoms with Crippen LogP contribution in [-0.2, 0) is 13.6 Å². The number of thioether (sulfide) groups is 1. The number of halogens is 1. The first kappa shape index (κ1) is 19.8. The fraction of sp³-hybridized carbons (Fsp3) is 0.562. The van der Waals surface area contributed by atoms with Crippen LogP contribution >= 0.6 is 23.4 Å². The van der Waals surface area contributed by atoms with Gasteiger partial charge in [-0.15, -0.1) is 5.10 Å². The lowest BCUT2D eigenvalue weighted by Crippen LogP contribution is -2.15. The fourth-order valence-electron chi connectivity index (χ4n) is 2.16. The Morgan fingerprint density at radius 2 is 2.20 bits per heavy atom. The number of rotatable bonds is 11. The average Bonchev–Trinajstić information content (AvgIpc) is 3.01. The second kappa shape index (κ2) is 10.5. The highest BCUT2D eigenvalue weighted by molar-refractivity contribution is 7.99. The molecule has 2 aromatic rings. The Balaban J connectivity index is 1.76. The summed E-state index contributed by atoms with van der Waals surface area (Å²) in [6, 6.07) is 3.88. The van der Waals surface area contributed by atoms with Crippen LogP contribution in [-0.4, -0.2) is 46.2 Å². The summed E-state index contributed by atoms with van der Waals surface area (Å²) in [6.07, 6.45) is 1.94. The van der Waals surface area contributed by atoms with Crippen LogP contribution in [0.25, 0.3) is 0 Å². The molecule has 0 amide bonds. The molecule has 2 rings (SSSR count). The maximum atomic E-state index is 6.33. The van der Waals surface area contributed by atoms with Crippen molar-refractivity contribution in [3.8, 4) is 11.5 Å². The van der Waals surface area contributed by atoms with Gasteiger partial charge >= 0.3 is 0 Å². The Kier molecular flexibility index (Phi) is 8.30. The largest absolute Gasteiger partial charge is 0.493 e. The number of aryl methyl sites for hydroxylation is 1. The van der Waals surface area contributed by atoms with Gasteiger partial charge < -0.3 is 14.8 Å². The van der Waals surface area contributed by atoms with E-state index in [1.165, 1.54) is 0 Å². The molecule has 0 saturated carbocycles. The molecule has 0 unspecified atom stereocenters. The van der Waals surface area contributed by atoms with Gasteiger partial charge in [-0.25, -0.2) is 4.68 Å². The molecule has 25 heavy (non-hydrogen) atoms. The monoisotopic (exact) mass is 385 g/mol. The van der Waals surface area contributed by atoms with Crippen molar-refractivity contribution < 1.29 is 9.47 Å². The van der Waals surface area contributed by atoms with Gasteiger partial charge in [0.15, 0.2) is 11.5 Å². The minimum atomic E-state index is 0.579. The van der Waals surface area contributed by atoms with Gasteiger partial charge in [0.1, 0.15) is 0 Å². The van der Waals surface area contributed by atoms with Gasteiger partial charge in [-0.05, 0) is 47.5 Å². The second-order valence-electron chi connectivity index (χ2n) is 5.42. The number of aromatic nitrogens is 4. The lowest BCUT2D eigenvalue weighted by atomic mass is 10.2. The molecule has 0 bridgehead atoms. The number of hydrogen-bond donors (Lipinski definition) is 1. The van der Waals surface area contributed by atoms with Gasteiger partial charge in [0.25, 0.3) is 0 Å². The molecule has 1 N–H and O–H groups in total. The fourth-order valence-corrected chi connectivity index (χ4v) is 3.23. The van der Waals surface area contributed by atoms with Crippen molar-refractivity contribution in [1.29, 1.82) is 0 Å². The number of hydrogen-bond acceptors (Lipinski definition) is 7. The first-order chi connectivity index (χ1) is 12.2. The standard InChI is InChI=1S/C16H24ClN5O2S/c1-4-7-24-15-13(17)9-12(10-14(15)23-3)11-18-6-5-8-25-16-19-20-21-22(16)2/h9-10,18H,4-8,11H2,1-3H3. The van der Waals surface area contributed by atoms with Gasteiger partial charge in [-0.3, -0.25) is 0 Å². The number of nitrogens with one attached hydrogen (secondary N) is 1. The van der Waals surface area contributed by atoms with E-state index in [0.717, 1.165) is 42.4 Å². The first-order valence-electron chi connectivity index (χ1n) is 8.20. The van der Waals surface area contributed by atoms with E-state index in [0.29, 0.717) is 23.1 Å².